The fourth-order valence-corrected chi connectivity index (χ4v) is 3.14. The summed E-state index contributed by atoms with van der Waals surface area (Å²) in [6, 6.07) is 5.57. The lowest BCUT2D eigenvalue weighted by atomic mass is 10.1. The first-order chi connectivity index (χ1) is 9.90. The number of nitrogens with two attached hydrogens (primary N) is 1. The molecule has 0 fully saturated rings. The highest BCUT2D eigenvalue weighted by Gasteiger charge is 2.16. The summed E-state index contributed by atoms with van der Waals surface area (Å²) < 4.78 is 0. The van der Waals surface area contributed by atoms with Crippen LogP contribution in [0.25, 0.3) is 0 Å². The minimum atomic E-state index is 0.284. The fraction of sp³-hybridized carbons (Fsp3) is 0.312. The highest BCUT2D eigenvalue weighted by atomic mass is 35.5. The second kappa shape index (κ2) is 8.52. The van der Waals surface area contributed by atoms with Crippen LogP contribution in [0.2, 0.25) is 10.0 Å². The van der Waals surface area contributed by atoms with Crippen molar-refractivity contribution in [2.75, 3.05) is 0 Å². The summed E-state index contributed by atoms with van der Waals surface area (Å²) in [5.74, 6) is 0.786. The number of allylic oxidation sites excluding steroid dienone is 2. The van der Waals surface area contributed by atoms with Gasteiger partial charge in [-0.25, -0.2) is 4.99 Å². The largest absolute Gasteiger partial charge is 0.383 e. The molecule has 0 heterocycles. The molecule has 0 radical (unpaired) electrons. The van der Waals surface area contributed by atoms with Crippen LogP contribution in [0.4, 0.5) is 0 Å². The van der Waals surface area contributed by atoms with E-state index < -0.39 is 0 Å². The van der Waals surface area contributed by atoms with Crippen LogP contribution in [0.1, 0.15) is 27.2 Å². The van der Waals surface area contributed by atoms with Crippen molar-refractivity contribution in [3.05, 3.63) is 51.6 Å². The van der Waals surface area contributed by atoms with E-state index in [2.05, 4.69) is 25.4 Å². The lowest BCUT2D eigenvalue weighted by Crippen LogP contribution is -2.06. The molecule has 0 spiro atoms. The topological polar surface area (TPSA) is 38.4 Å². The highest BCUT2D eigenvalue weighted by molar-refractivity contribution is 8.03. The van der Waals surface area contributed by atoms with Crippen molar-refractivity contribution in [2.45, 2.75) is 32.1 Å². The standard InChI is InChI=1S/C16H20Cl2N2S/c1-5-10(3)15(16(19)20-11(4)6-2)21-13-9-7-8-12(17)14(13)18/h6-10H,2,5,19H2,1,3-4H3/b16-15+,20-11-. The number of nitrogens with zero attached hydrogens (tertiary/aromatic N) is 1. The zero-order chi connectivity index (χ0) is 16.0. The summed E-state index contributed by atoms with van der Waals surface area (Å²) >= 11 is 13.8. The van der Waals surface area contributed by atoms with E-state index in [0.29, 0.717) is 15.9 Å². The highest BCUT2D eigenvalue weighted by Crippen LogP contribution is 2.40. The molecule has 0 bridgehead atoms. The number of hydrogen-bond acceptors (Lipinski definition) is 3. The van der Waals surface area contributed by atoms with E-state index in [1.807, 2.05) is 19.1 Å². The van der Waals surface area contributed by atoms with Gasteiger partial charge >= 0.3 is 0 Å². The molecule has 0 aliphatic carbocycles. The van der Waals surface area contributed by atoms with Crippen molar-refractivity contribution in [1.29, 1.82) is 0 Å². The molecule has 0 saturated carbocycles. The van der Waals surface area contributed by atoms with Crippen LogP contribution >= 0.6 is 35.0 Å². The molecule has 0 amide bonds. The average Bonchev–Trinajstić information content (AvgIpc) is 2.47. The molecule has 2 nitrogen and oxygen atoms in total. The van der Waals surface area contributed by atoms with E-state index in [1.165, 1.54) is 11.8 Å². The zero-order valence-electron chi connectivity index (χ0n) is 12.5. The molecule has 1 unspecified atom stereocenters. The molecule has 21 heavy (non-hydrogen) atoms. The first-order valence-electron chi connectivity index (χ1n) is 6.69. The monoisotopic (exact) mass is 342 g/mol. The minimum absolute atomic E-state index is 0.284. The molecule has 0 aromatic heterocycles. The van der Waals surface area contributed by atoms with Gasteiger partial charge in [-0.05, 0) is 37.5 Å². The lowest BCUT2D eigenvalue weighted by molar-refractivity contribution is 0.679. The molecular weight excluding hydrogens is 323 g/mol. The van der Waals surface area contributed by atoms with Gasteiger partial charge in [0.15, 0.2) is 0 Å². The van der Waals surface area contributed by atoms with Crippen molar-refractivity contribution >= 4 is 40.7 Å². The third-order valence-corrected chi connectivity index (χ3v) is 5.36. The van der Waals surface area contributed by atoms with E-state index in [-0.39, 0.29) is 5.92 Å². The van der Waals surface area contributed by atoms with Crippen molar-refractivity contribution in [3.63, 3.8) is 0 Å². The molecule has 5 heteroatoms. The lowest BCUT2D eigenvalue weighted by Gasteiger charge is -2.16. The zero-order valence-corrected chi connectivity index (χ0v) is 14.8. The minimum Gasteiger partial charge on any atom is -0.383 e. The van der Waals surface area contributed by atoms with E-state index in [0.717, 1.165) is 21.9 Å². The van der Waals surface area contributed by atoms with Gasteiger partial charge in [-0.1, -0.05) is 61.5 Å². The molecule has 1 atom stereocenters. The third kappa shape index (κ3) is 5.10. The summed E-state index contributed by atoms with van der Waals surface area (Å²) in [6.07, 6.45) is 2.64. The van der Waals surface area contributed by atoms with Crippen LogP contribution in [-0.2, 0) is 0 Å². The summed E-state index contributed by atoms with van der Waals surface area (Å²) in [4.78, 5) is 6.24. The Morgan fingerprint density at radius 3 is 2.71 bits per heavy atom. The first kappa shape index (κ1) is 18.1. The average molecular weight is 343 g/mol. The normalized spacial score (nSPS) is 14.6. The van der Waals surface area contributed by atoms with Crippen molar-refractivity contribution in [3.8, 4) is 0 Å². The summed E-state index contributed by atoms with van der Waals surface area (Å²) in [5.41, 5.74) is 6.94. The Morgan fingerprint density at radius 2 is 2.14 bits per heavy atom. The van der Waals surface area contributed by atoms with E-state index >= 15 is 0 Å². The second-order valence-electron chi connectivity index (χ2n) is 4.67. The van der Waals surface area contributed by atoms with Gasteiger partial charge in [0.05, 0.1) is 10.0 Å². The van der Waals surface area contributed by atoms with Crippen LogP contribution in [0.3, 0.4) is 0 Å². The van der Waals surface area contributed by atoms with Crippen molar-refractivity contribution in [1.82, 2.24) is 0 Å². The Bertz CT molecular complexity index is 580. The van der Waals surface area contributed by atoms with E-state index in [1.54, 1.807) is 12.1 Å². The smallest absolute Gasteiger partial charge is 0.133 e. The Balaban J connectivity index is 3.24. The number of hydrogen-bond donors (Lipinski definition) is 1. The molecule has 1 aromatic carbocycles. The molecule has 0 aliphatic heterocycles. The van der Waals surface area contributed by atoms with Crippen LogP contribution in [-0.4, -0.2) is 5.71 Å². The summed E-state index contributed by atoms with van der Waals surface area (Å²) in [6.45, 7) is 9.79. The molecular formula is C16H20Cl2N2S. The summed E-state index contributed by atoms with van der Waals surface area (Å²) in [7, 11) is 0. The molecule has 114 valence electrons. The summed E-state index contributed by atoms with van der Waals surface area (Å²) in [5, 5.41) is 1.08. The number of aliphatic imine (C=N–C) groups is 1. The number of rotatable bonds is 6. The second-order valence-corrected chi connectivity index (χ2v) is 6.54. The maximum atomic E-state index is 6.25. The Kier molecular flexibility index (Phi) is 7.36. The first-order valence-corrected chi connectivity index (χ1v) is 8.27. The van der Waals surface area contributed by atoms with Gasteiger partial charge in [-0.2, -0.15) is 0 Å². The van der Waals surface area contributed by atoms with Gasteiger partial charge in [-0.15, -0.1) is 0 Å². The van der Waals surface area contributed by atoms with Gasteiger partial charge in [-0.3, -0.25) is 0 Å². The predicted molar refractivity (Wildman–Crippen MR) is 96.3 cm³/mol. The van der Waals surface area contributed by atoms with Crippen LogP contribution in [0.5, 0.6) is 0 Å². The molecule has 1 rings (SSSR count). The molecule has 1 aromatic rings. The molecule has 0 saturated heterocycles. The number of halogens is 2. The Morgan fingerprint density at radius 1 is 1.48 bits per heavy atom. The molecule has 0 aliphatic rings. The van der Waals surface area contributed by atoms with Crippen LogP contribution in [0.15, 0.2) is 51.5 Å². The number of benzene rings is 1. The maximum Gasteiger partial charge on any atom is 0.133 e. The van der Waals surface area contributed by atoms with E-state index in [4.69, 9.17) is 28.9 Å². The number of thioether (sulfide) groups is 1. The third-order valence-electron chi connectivity index (χ3n) is 3.04. The van der Waals surface area contributed by atoms with Gasteiger partial charge in [0.1, 0.15) is 5.82 Å². The maximum absolute atomic E-state index is 6.25. The van der Waals surface area contributed by atoms with Crippen molar-refractivity contribution in [2.24, 2.45) is 16.6 Å². The Labute approximate surface area is 141 Å². The van der Waals surface area contributed by atoms with Crippen LogP contribution in [0, 0.1) is 5.92 Å². The van der Waals surface area contributed by atoms with Crippen molar-refractivity contribution < 1.29 is 0 Å². The van der Waals surface area contributed by atoms with Crippen LogP contribution < -0.4 is 5.73 Å². The van der Waals surface area contributed by atoms with Gasteiger partial charge in [0, 0.05) is 15.5 Å². The fourth-order valence-electron chi connectivity index (χ4n) is 1.56. The van der Waals surface area contributed by atoms with Gasteiger partial charge < -0.3 is 5.73 Å². The van der Waals surface area contributed by atoms with E-state index in [9.17, 15) is 0 Å². The Hall–Kier alpha value is -0.900. The SMILES string of the molecule is C=C/C(C)=N\C(N)=C(\Sc1cccc(Cl)c1Cl)C(C)CC. The predicted octanol–water partition coefficient (Wildman–Crippen LogP) is 5.91. The quantitative estimate of drug-likeness (QED) is 0.515. The van der Waals surface area contributed by atoms with Gasteiger partial charge in [0.25, 0.3) is 0 Å². The molecule has 2 N–H and O–H groups in total. The van der Waals surface area contributed by atoms with Gasteiger partial charge in [0.2, 0.25) is 0 Å².